The fraction of sp³-hybridized carbons (Fsp3) is 0.357. The normalized spacial score (nSPS) is 14.4. The number of fused-ring (bicyclic) bond motifs is 1. The van der Waals surface area contributed by atoms with Crippen LogP contribution in [-0.4, -0.2) is 20.1 Å². The molecule has 0 fully saturated rings. The van der Waals surface area contributed by atoms with Crippen LogP contribution in [0.2, 0.25) is 0 Å². The molecule has 2 heterocycles. The van der Waals surface area contributed by atoms with Gasteiger partial charge in [0.25, 0.3) is 10.0 Å². The number of hydrogen-bond donors (Lipinski definition) is 2. The summed E-state index contributed by atoms with van der Waals surface area (Å²) in [4.78, 5) is 0.105. The van der Waals surface area contributed by atoms with Gasteiger partial charge in [-0.05, 0) is 44.4 Å². The van der Waals surface area contributed by atoms with Gasteiger partial charge in [0.15, 0.2) is 10.7 Å². The summed E-state index contributed by atoms with van der Waals surface area (Å²) in [6.45, 7) is 4.11. The highest BCUT2D eigenvalue weighted by atomic mass is 32.2. The zero-order valence-corrected chi connectivity index (χ0v) is 12.8. The van der Waals surface area contributed by atoms with Crippen LogP contribution in [-0.2, 0) is 16.4 Å². The Morgan fingerprint density at radius 3 is 2.86 bits per heavy atom. The summed E-state index contributed by atoms with van der Waals surface area (Å²) in [5.74, 6) is 0.288. The van der Waals surface area contributed by atoms with Gasteiger partial charge < -0.3 is 9.84 Å². The van der Waals surface area contributed by atoms with Crippen molar-refractivity contribution < 1.29 is 12.9 Å². The van der Waals surface area contributed by atoms with Crippen LogP contribution in [0.15, 0.2) is 27.6 Å². The number of nitrogens with one attached hydrogen (secondary N) is 2. The monoisotopic (exact) mass is 307 g/mol. The van der Waals surface area contributed by atoms with E-state index in [1.165, 1.54) is 5.56 Å². The smallest absolute Gasteiger partial charge is 0.267 e. The standard InChI is InChI=1S/C14H17N3O3S/c1-9-14(10(2)20-16-9)21(18,19)17-12-6-5-11-4-3-7-15-13(11)8-12/h5-6,8,15,17H,3-4,7H2,1-2H3. The second-order valence-electron chi connectivity index (χ2n) is 5.16. The van der Waals surface area contributed by atoms with Crippen molar-refractivity contribution in [1.82, 2.24) is 5.16 Å². The SMILES string of the molecule is Cc1noc(C)c1S(=O)(=O)Nc1ccc2c(c1)NCCC2. The molecule has 0 aliphatic carbocycles. The number of rotatable bonds is 3. The molecule has 0 unspecified atom stereocenters. The van der Waals surface area contributed by atoms with Crippen molar-refractivity contribution in [2.45, 2.75) is 31.6 Å². The summed E-state index contributed by atoms with van der Waals surface area (Å²) < 4.78 is 32.4. The van der Waals surface area contributed by atoms with Crippen LogP contribution in [0.3, 0.4) is 0 Å². The van der Waals surface area contributed by atoms with Gasteiger partial charge in [-0.2, -0.15) is 0 Å². The van der Waals surface area contributed by atoms with Gasteiger partial charge in [-0.15, -0.1) is 0 Å². The Morgan fingerprint density at radius 2 is 2.14 bits per heavy atom. The lowest BCUT2D eigenvalue weighted by molar-refractivity contribution is 0.390. The summed E-state index contributed by atoms with van der Waals surface area (Å²) >= 11 is 0. The first kappa shape index (κ1) is 13.9. The minimum Gasteiger partial charge on any atom is -0.385 e. The Hall–Kier alpha value is -2.02. The van der Waals surface area contributed by atoms with Crippen LogP contribution < -0.4 is 10.0 Å². The van der Waals surface area contributed by atoms with Crippen molar-refractivity contribution in [2.75, 3.05) is 16.6 Å². The summed E-state index contributed by atoms with van der Waals surface area (Å²) in [5, 5.41) is 6.97. The number of nitrogens with zero attached hydrogens (tertiary/aromatic N) is 1. The molecule has 0 radical (unpaired) electrons. The maximum atomic E-state index is 12.4. The van der Waals surface area contributed by atoms with E-state index in [0.29, 0.717) is 11.4 Å². The molecule has 0 saturated heterocycles. The van der Waals surface area contributed by atoms with E-state index in [-0.39, 0.29) is 10.7 Å². The minimum absolute atomic E-state index is 0.105. The molecule has 1 aliphatic heterocycles. The molecular weight excluding hydrogens is 290 g/mol. The number of benzene rings is 1. The van der Waals surface area contributed by atoms with Gasteiger partial charge in [-0.25, -0.2) is 8.42 Å². The zero-order chi connectivity index (χ0) is 15.0. The van der Waals surface area contributed by atoms with Gasteiger partial charge in [-0.3, -0.25) is 4.72 Å². The molecule has 0 spiro atoms. The van der Waals surface area contributed by atoms with E-state index in [9.17, 15) is 8.42 Å². The van der Waals surface area contributed by atoms with E-state index in [4.69, 9.17) is 4.52 Å². The molecule has 0 amide bonds. The lowest BCUT2D eigenvalue weighted by atomic mass is 10.0. The van der Waals surface area contributed by atoms with Crippen molar-refractivity contribution in [3.8, 4) is 0 Å². The van der Waals surface area contributed by atoms with Crippen LogP contribution in [0.25, 0.3) is 0 Å². The number of sulfonamides is 1. The predicted octanol–water partition coefficient (Wildman–Crippen LogP) is 2.45. The highest BCUT2D eigenvalue weighted by Crippen LogP contribution is 2.28. The second kappa shape index (κ2) is 5.07. The Balaban J connectivity index is 1.93. The molecule has 0 saturated carbocycles. The first-order valence-electron chi connectivity index (χ1n) is 6.80. The molecule has 6 nitrogen and oxygen atoms in total. The fourth-order valence-electron chi connectivity index (χ4n) is 2.59. The van der Waals surface area contributed by atoms with Crippen LogP contribution in [0.4, 0.5) is 11.4 Å². The predicted molar refractivity (Wildman–Crippen MR) is 80.0 cm³/mol. The average molecular weight is 307 g/mol. The highest BCUT2D eigenvalue weighted by molar-refractivity contribution is 7.92. The molecule has 2 aromatic rings. The molecule has 1 aromatic carbocycles. The molecular formula is C14H17N3O3S. The van der Waals surface area contributed by atoms with Gasteiger partial charge in [0.05, 0.1) is 5.69 Å². The van der Waals surface area contributed by atoms with Gasteiger partial charge >= 0.3 is 0 Å². The summed E-state index contributed by atoms with van der Waals surface area (Å²) in [7, 11) is -3.69. The van der Waals surface area contributed by atoms with E-state index in [1.54, 1.807) is 19.9 Å². The first-order valence-corrected chi connectivity index (χ1v) is 8.28. The van der Waals surface area contributed by atoms with E-state index in [0.717, 1.165) is 25.1 Å². The summed E-state index contributed by atoms with van der Waals surface area (Å²) in [5.41, 5.74) is 3.08. The molecule has 2 N–H and O–H groups in total. The topological polar surface area (TPSA) is 84.2 Å². The fourth-order valence-corrected chi connectivity index (χ4v) is 3.97. The average Bonchev–Trinajstić information content (AvgIpc) is 2.78. The third-order valence-electron chi connectivity index (χ3n) is 3.54. The van der Waals surface area contributed by atoms with E-state index in [2.05, 4.69) is 15.2 Å². The Morgan fingerprint density at radius 1 is 1.33 bits per heavy atom. The third-order valence-corrected chi connectivity index (χ3v) is 5.16. The molecule has 0 bridgehead atoms. The van der Waals surface area contributed by atoms with Gasteiger partial charge in [-0.1, -0.05) is 11.2 Å². The van der Waals surface area contributed by atoms with Crippen LogP contribution in [0, 0.1) is 13.8 Å². The van der Waals surface area contributed by atoms with Crippen molar-refractivity contribution in [1.29, 1.82) is 0 Å². The molecule has 1 aromatic heterocycles. The summed E-state index contributed by atoms with van der Waals surface area (Å²) in [6.07, 6.45) is 2.11. The van der Waals surface area contributed by atoms with E-state index < -0.39 is 10.0 Å². The van der Waals surface area contributed by atoms with Crippen molar-refractivity contribution in [2.24, 2.45) is 0 Å². The van der Waals surface area contributed by atoms with E-state index in [1.807, 2.05) is 12.1 Å². The largest absolute Gasteiger partial charge is 0.385 e. The maximum Gasteiger partial charge on any atom is 0.267 e. The van der Waals surface area contributed by atoms with Crippen molar-refractivity contribution in [3.63, 3.8) is 0 Å². The van der Waals surface area contributed by atoms with Crippen molar-refractivity contribution >= 4 is 21.4 Å². The zero-order valence-electron chi connectivity index (χ0n) is 11.9. The van der Waals surface area contributed by atoms with Gasteiger partial charge in [0, 0.05) is 12.2 Å². The van der Waals surface area contributed by atoms with Crippen molar-refractivity contribution in [3.05, 3.63) is 35.2 Å². The summed E-state index contributed by atoms with van der Waals surface area (Å²) in [6, 6.07) is 5.55. The second-order valence-corrected chi connectivity index (χ2v) is 6.78. The molecule has 1 aliphatic rings. The minimum atomic E-state index is -3.69. The maximum absolute atomic E-state index is 12.4. The Bertz CT molecular complexity index is 761. The van der Waals surface area contributed by atoms with Crippen LogP contribution in [0.1, 0.15) is 23.4 Å². The Kier molecular flexibility index (Phi) is 3.36. The Labute approximate surface area is 123 Å². The first-order chi connectivity index (χ1) is 9.97. The van der Waals surface area contributed by atoms with Crippen LogP contribution in [0.5, 0.6) is 0 Å². The highest BCUT2D eigenvalue weighted by Gasteiger charge is 2.24. The van der Waals surface area contributed by atoms with Gasteiger partial charge in [0.2, 0.25) is 0 Å². The van der Waals surface area contributed by atoms with E-state index >= 15 is 0 Å². The number of anilines is 2. The third kappa shape index (κ3) is 2.61. The lowest BCUT2D eigenvalue weighted by Gasteiger charge is -2.19. The number of aryl methyl sites for hydroxylation is 3. The molecule has 112 valence electrons. The van der Waals surface area contributed by atoms with Gasteiger partial charge in [0.1, 0.15) is 5.69 Å². The number of hydrogen-bond acceptors (Lipinski definition) is 5. The molecule has 3 rings (SSSR count). The molecule has 21 heavy (non-hydrogen) atoms. The lowest BCUT2D eigenvalue weighted by Crippen LogP contribution is -2.16. The number of aromatic nitrogens is 1. The molecule has 7 heteroatoms. The molecule has 0 atom stereocenters. The van der Waals surface area contributed by atoms with Crippen LogP contribution >= 0.6 is 0 Å². The quantitative estimate of drug-likeness (QED) is 0.910.